The molecule has 5 heteroatoms. The molecule has 1 aromatic rings. The highest BCUT2D eigenvalue weighted by atomic mass is 16.6. The molecule has 0 N–H and O–H groups in total. The van der Waals surface area contributed by atoms with Crippen molar-refractivity contribution in [1.82, 2.24) is 4.90 Å². The van der Waals surface area contributed by atoms with E-state index in [1.165, 1.54) is 30.5 Å². The van der Waals surface area contributed by atoms with Crippen LogP contribution in [-0.4, -0.2) is 55.7 Å². The van der Waals surface area contributed by atoms with Gasteiger partial charge in [0.15, 0.2) is 11.5 Å². The molecule has 1 aromatic carbocycles. The van der Waals surface area contributed by atoms with Crippen LogP contribution in [0.2, 0.25) is 0 Å². The predicted octanol–water partition coefficient (Wildman–Crippen LogP) is 3.28. The van der Waals surface area contributed by atoms with Crippen LogP contribution in [0.1, 0.15) is 43.7 Å². The van der Waals surface area contributed by atoms with Crippen LogP contribution in [0.15, 0.2) is 24.3 Å². The number of nitrogens with zero attached hydrogens (tertiary/aromatic N) is 1. The summed E-state index contributed by atoms with van der Waals surface area (Å²) in [6.07, 6.45) is 10.1. The lowest BCUT2D eigenvalue weighted by atomic mass is 9.37. The first-order valence-electron chi connectivity index (χ1n) is 11.9. The van der Waals surface area contributed by atoms with E-state index in [4.69, 9.17) is 14.2 Å². The summed E-state index contributed by atoms with van der Waals surface area (Å²) in [6.45, 7) is 4.02. The number of ether oxygens (including phenoxy) is 3. The summed E-state index contributed by atoms with van der Waals surface area (Å²) in [5.74, 6) is 2.60. The Bertz CT molecular complexity index is 1030. The minimum atomic E-state index is -0.713. The Labute approximate surface area is 183 Å². The number of piperidine rings is 1. The van der Waals surface area contributed by atoms with Gasteiger partial charge >= 0.3 is 0 Å². The number of hydrogen-bond donors (Lipinski definition) is 0. The fraction of sp³-hybridized carbons (Fsp3) is 0.654. The quantitative estimate of drug-likeness (QED) is 0.683. The maximum Gasteiger partial charge on any atom is 0.166 e. The van der Waals surface area contributed by atoms with Crippen LogP contribution in [0.5, 0.6) is 11.5 Å². The molecule has 0 aromatic heterocycles. The number of rotatable bonds is 5. The number of carbonyl (C=O) groups excluding carboxylic acids is 1. The van der Waals surface area contributed by atoms with Crippen LogP contribution in [0.3, 0.4) is 0 Å². The summed E-state index contributed by atoms with van der Waals surface area (Å²) in [4.78, 5) is 15.8. The standard InChI is InChI=1S/C26H31NO4/c1-15(28)18-13-24-8-9-26(18,30-3)23-25(24)10-11-27(14-16-4-5-16)20(24)12-17-6-7-19(29-2)22(31-23)21(17)25/h6-9,16,18,20,23H,4-5,10-14H2,1-3H3/t18-,20-,23-,24+,25+,26-/m1/s1. The molecule has 7 aliphatic rings. The number of likely N-dealkylation sites (tertiary alicyclic amines) is 1. The molecule has 0 amide bonds. The summed E-state index contributed by atoms with van der Waals surface area (Å²) in [6, 6.07) is 4.74. The monoisotopic (exact) mass is 421 g/mol. The summed E-state index contributed by atoms with van der Waals surface area (Å²) < 4.78 is 18.9. The fourth-order valence-electron chi connectivity index (χ4n) is 8.39. The lowest BCUT2D eigenvalue weighted by Crippen LogP contribution is -2.79. The first-order valence-corrected chi connectivity index (χ1v) is 11.9. The van der Waals surface area contributed by atoms with Gasteiger partial charge in [-0.2, -0.15) is 0 Å². The second-order valence-electron chi connectivity index (χ2n) is 10.8. The SMILES string of the molecule is COc1ccc2c3c1O[C@H]1[C@@]4(OC)C=C[C@]5(C[C@@H]4C(C)=O)[C@@H](C2)N(CC2CC2)CC[C@]315. The van der Waals surface area contributed by atoms with Crippen LogP contribution in [0.25, 0.3) is 0 Å². The molecular formula is C26H31NO4. The van der Waals surface area contributed by atoms with Gasteiger partial charge in [0, 0.05) is 30.7 Å². The smallest absolute Gasteiger partial charge is 0.166 e. The molecule has 5 aliphatic carbocycles. The Hall–Kier alpha value is -1.85. The van der Waals surface area contributed by atoms with Crippen molar-refractivity contribution in [2.75, 3.05) is 27.3 Å². The third-order valence-corrected chi connectivity index (χ3v) is 9.80. The molecule has 4 bridgehead atoms. The van der Waals surface area contributed by atoms with Gasteiger partial charge in [-0.3, -0.25) is 9.69 Å². The van der Waals surface area contributed by atoms with Crippen LogP contribution in [0, 0.1) is 17.3 Å². The van der Waals surface area contributed by atoms with Crippen LogP contribution < -0.4 is 9.47 Å². The lowest BCUT2D eigenvalue weighted by molar-refractivity contribution is -0.214. The molecule has 8 rings (SSSR count). The van der Waals surface area contributed by atoms with E-state index in [1.54, 1.807) is 21.1 Å². The Morgan fingerprint density at radius 2 is 2.10 bits per heavy atom. The molecule has 6 atom stereocenters. The van der Waals surface area contributed by atoms with Gasteiger partial charge < -0.3 is 14.2 Å². The van der Waals surface area contributed by atoms with Gasteiger partial charge in [-0.15, -0.1) is 0 Å². The molecule has 3 fully saturated rings. The third-order valence-electron chi connectivity index (χ3n) is 9.80. The van der Waals surface area contributed by atoms with Crippen molar-refractivity contribution < 1.29 is 19.0 Å². The van der Waals surface area contributed by atoms with E-state index in [0.717, 1.165) is 43.2 Å². The Kier molecular flexibility index (Phi) is 3.46. The van der Waals surface area contributed by atoms with Crippen molar-refractivity contribution in [2.45, 2.75) is 62.2 Å². The zero-order valence-electron chi connectivity index (χ0n) is 18.6. The molecule has 2 aliphatic heterocycles. The van der Waals surface area contributed by atoms with E-state index in [1.807, 2.05) is 0 Å². The van der Waals surface area contributed by atoms with Gasteiger partial charge in [0.05, 0.1) is 18.4 Å². The van der Waals surface area contributed by atoms with Crippen molar-refractivity contribution >= 4 is 5.78 Å². The highest BCUT2D eigenvalue weighted by Gasteiger charge is 2.79. The van der Waals surface area contributed by atoms with E-state index < -0.39 is 5.60 Å². The average molecular weight is 422 g/mol. The summed E-state index contributed by atoms with van der Waals surface area (Å²) in [5.41, 5.74) is 1.81. The molecular weight excluding hydrogens is 390 g/mol. The molecule has 5 nitrogen and oxygen atoms in total. The molecule has 0 radical (unpaired) electrons. The van der Waals surface area contributed by atoms with E-state index >= 15 is 0 Å². The number of fused-ring (bicyclic) bond motifs is 1. The number of Topliss-reactive ketones (excluding diaryl/α,β-unsaturated/α-hetero) is 1. The van der Waals surface area contributed by atoms with Crippen molar-refractivity contribution in [1.29, 1.82) is 0 Å². The van der Waals surface area contributed by atoms with Crippen LogP contribution in [-0.2, 0) is 21.4 Å². The second kappa shape index (κ2) is 5.74. The molecule has 1 saturated heterocycles. The normalized spacial score (nSPS) is 43.5. The van der Waals surface area contributed by atoms with Crippen molar-refractivity contribution in [3.05, 3.63) is 35.4 Å². The van der Waals surface area contributed by atoms with Crippen molar-refractivity contribution in [3.63, 3.8) is 0 Å². The Balaban J connectivity index is 1.51. The number of benzene rings is 1. The van der Waals surface area contributed by atoms with Gasteiger partial charge in [0.25, 0.3) is 0 Å². The van der Waals surface area contributed by atoms with E-state index in [-0.39, 0.29) is 28.6 Å². The summed E-state index contributed by atoms with van der Waals surface area (Å²) in [7, 11) is 3.47. The predicted molar refractivity (Wildman–Crippen MR) is 116 cm³/mol. The number of carbonyl (C=O) groups is 1. The van der Waals surface area contributed by atoms with Gasteiger partial charge in [0.2, 0.25) is 0 Å². The fourth-order valence-corrected chi connectivity index (χ4v) is 8.39. The topological polar surface area (TPSA) is 48.0 Å². The van der Waals surface area contributed by atoms with Gasteiger partial charge in [-0.1, -0.05) is 18.2 Å². The highest BCUT2D eigenvalue weighted by molar-refractivity contribution is 5.82. The van der Waals surface area contributed by atoms with E-state index in [9.17, 15) is 4.79 Å². The van der Waals surface area contributed by atoms with Crippen molar-refractivity contribution in [2.24, 2.45) is 17.3 Å². The largest absolute Gasteiger partial charge is 0.493 e. The molecule has 164 valence electrons. The maximum atomic E-state index is 13.0. The van der Waals surface area contributed by atoms with E-state index in [0.29, 0.717) is 6.04 Å². The zero-order chi connectivity index (χ0) is 21.2. The molecule has 2 saturated carbocycles. The maximum absolute atomic E-state index is 13.0. The number of ketones is 1. The van der Waals surface area contributed by atoms with Gasteiger partial charge in [-0.25, -0.2) is 0 Å². The average Bonchev–Trinajstić information content (AvgIpc) is 3.52. The number of methoxy groups -OCH3 is 2. The Morgan fingerprint density at radius 3 is 2.81 bits per heavy atom. The first-order chi connectivity index (χ1) is 15.0. The Morgan fingerprint density at radius 1 is 1.26 bits per heavy atom. The molecule has 2 spiro atoms. The lowest BCUT2D eigenvalue weighted by Gasteiger charge is -2.71. The number of hydrogen-bond acceptors (Lipinski definition) is 5. The third kappa shape index (κ3) is 1.92. The van der Waals surface area contributed by atoms with E-state index in [2.05, 4.69) is 29.2 Å². The van der Waals surface area contributed by atoms with Crippen LogP contribution in [0.4, 0.5) is 0 Å². The zero-order valence-corrected chi connectivity index (χ0v) is 18.6. The van der Waals surface area contributed by atoms with Crippen molar-refractivity contribution in [3.8, 4) is 11.5 Å². The molecule has 0 unspecified atom stereocenters. The van der Waals surface area contributed by atoms with Crippen LogP contribution >= 0.6 is 0 Å². The minimum absolute atomic E-state index is 0.0912. The summed E-state index contributed by atoms with van der Waals surface area (Å²) in [5, 5.41) is 0. The molecule has 2 heterocycles. The highest BCUT2D eigenvalue weighted by Crippen LogP contribution is 2.74. The van der Waals surface area contributed by atoms with Gasteiger partial charge in [-0.05, 0) is 63.1 Å². The summed E-state index contributed by atoms with van der Waals surface area (Å²) >= 11 is 0. The van der Waals surface area contributed by atoms with Gasteiger partial charge in [0.1, 0.15) is 17.5 Å². The molecule has 31 heavy (non-hydrogen) atoms. The second-order valence-corrected chi connectivity index (χ2v) is 10.8. The minimum Gasteiger partial charge on any atom is -0.493 e. The first kappa shape index (κ1) is 18.7.